The summed E-state index contributed by atoms with van der Waals surface area (Å²) in [7, 11) is 1.30. The second-order valence-electron chi connectivity index (χ2n) is 3.06. The predicted molar refractivity (Wildman–Crippen MR) is 53.2 cm³/mol. The molecule has 0 radical (unpaired) electrons. The molecular weight excluding hydrogens is 196 g/mol. The fourth-order valence-electron chi connectivity index (χ4n) is 1.36. The minimum Gasteiger partial charge on any atom is -0.464 e. The molecule has 0 amide bonds. The molecule has 1 aromatic heterocycles. The molecule has 5 nitrogen and oxygen atoms in total. The third-order valence-electron chi connectivity index (χ3n) is 2.15. The van der Waals surface area contributed by atoms with E-state index in [0.717, 1.165) is 5.56 Å². The van der Waals surface area contributed by atoms with Crippen LogP contribution in [0.25, 0.3) is 11.0 Å². The number of carbonyl (C=O) groups excluding carboxylic acids is 1. The first-order chi connectivity index (χ1) is 7.26. The van der Waals surface area contributed by atoms with Crippen molar-refractivity contribution in [3.05, 3.63) is 29.5 Å². The van der Waals surface area contributed by atoms with Crippen molar-refractivity contribution in [2.24, 2.45) is 5.73 Å². The largest absolute Gasteiger partial charge is 0.464 e. The Labute approximate surface area is 85.8 Å². The molecule has 0 unspecified atom stereocenters. The number of hydrogen-bond acceptors (Lipinski definition) is 5. The second-order valence-corrected chi connectivity index (χ2v) is 3.06. The Kier molecular flexibility index (Phi) is 2.39. The van der Waals surface area contributed by atoms with Crippen molar-refractivity contribution in [2.75, 3.05) is 7.11 Å². The average molecular weight is 206 g/mol. The quantitative estimate of drug-likeness (QED) is 0.743. The Balaban J connectivity index is 2.61. The number of fused-ring (bicyclic) bond motifs is 1. The van der Waals surface area contributed by atoms with Crippen molar-refractivity contribution < 1.29 is 14.1 Å². The number of benzene rings is 1. The Hall–Kier alpha value is -1.88. The van der Waals surface area contributed by atoms with E-state index in [1.54, 1.807) is 12.1 Å². The topological polar surface area (TPSA) is 78.3 Å². The van der Waals surface area contributed by atoms with Crippen LogP contribution in [0.4, 0.5) is 0 Å². The van der Waals surface area contributed by atoms with E-state index in [2.05, 4.69) is 9.89 Å². The van der Waals surface area contributed by atoms with Crippen LogP contribution in [0.15, 0.2) is 22.7 Å². The van der Waals surface area contributed by atoms with Crippen molar-refractivity contribution >= 4 is 16.9 Å². The fourth-order valence-corrected chi connectivity index (χ4v) is 1.36. The van der Waals surface area contributed by atoms with Gasteiger partial charge in [-0.25, -0.2) is 4.79 Å². The van der Waals surface area contributed by atoms with Crippen molar-refractivity contribution in [1.29, 1.82) is 0 Å². The van der Waals surface area contributed by atoms with E-state index in [0.29, 0.717) is 17.5 Å². The van der Waals surface area contributed by atoms with Gasteiger partial charge in [-0.05, 0) is 17.7 Å². The molecule has 0 spiro atoms. The first-order valence-electron chi connectivity index (χ1n) is 4.43. The third kappa shape index (κ3) is 1.57. The van der Waals surface area contributed by atoms with Gasteiger partial charge in [0.05, 0.1) is 12.5 Å². The van der Waals surface area contributed by atoms with Gasteiger partial charge in [-0.3, -0.25) is 0 Å². The van der Waals surface area contributed by atoms with Gasteiger partial charge in [0.15, 0.2) is 11.3 Å². The summed E-state index contributed by atoms with van der Waals surface area (Å²) >= 11 is 0. The molecule has 5 heteroatoms. The molecule has 0 saturated carbocycles. The molecule has 0 aliphatic carbocycles. The van der Waals surface area contributed by atoms with Gasteiger partial charge >= 0.3 is 5.97 Å². The molecule has 0 aliphatic rings. The lowest BCUT2D eigenvalue weighted by molar-refractivity contribution is 0.0591. The predicted octanol–water partition coefficient (Wildman–Crippen LogP) is 1.07. The lowest BCUT2D eigenvalue weighted by atomic mass is 10.1. The number of aromatic nitrogens is 1. The lowest BCUT2D eigenvalue weighted by Crippen LogP contribution is -2.02. The standard InChI is InChI=1S/C10H10N2O3/c1-14-10(13)9-7-4-6(5-11)2-3-8(7)15-12-9/h2-4H,5,11H2,1H3. The monoisotopic (exact) mass is 206 g/mol. The van der Waals surface area contributed by atoms with E-state index in [9.17, 15) is 4.79 Å². The summed E-state index contributed by atoms with van der Waals surface area (Å²) < 4.78 is 9.56. The van der Waals surface area contributed by atoms with Gasteiger partial charge in [-0.1, -0.05) is 11.2 Å². The normalized spacial score (nSPS) is 10.5. The zero-order valence-electron chi connectivity index (χ0n) is 8.19. The maximum Gasteiger partial charge on any atom is 0.360 e. The van der Waals surface area contributed by atoms with E-state index in [4.69, 9.17) is 10.3 Å². The maximum absolute atomic E-state index is 11.3. The molecule has 2 N–H and O–H groups in total. The highest BCUT2D eigenvalue weighted by atomic mass is 16.5. The average Bonchev–Trinajstić information content (AvgIpc) is 2.70. The van der Waals surface area contributed by atoms with Crippen LogP contribution in [0.1, 0.15) is 16.1 Å². The molecule has 78 valence electrons. The number of esters is 1. The van der Waals surface area contributed by atoms with Gasteiger partial charge in [-0.15, -0.1) is 0 Å². The zero-order chi connectivity index (χ0) is 10.8. The van der Waals surface area contributed by atoms with Gasteiger partial charge in [-0.2, -0.15) is 0 Å². The highest BCUT2D eigenvalue weighted by molar-refractivity contribution is 6.01. The first kappa shape index (κ1) is 9.67. The van der Waals surface area contributed by atoms with Gasteiger partial charge < -0.3 is 15.0 Å². The van der Waals surface area contributed by atoms with Crippen LogP contribution < -0.4 is 5.73 Å². The summed E-state index contributed by atoms with van der Waals surface area (Å²) in [5, 5.41) is 4.28. The van der Waals surface area contributed by atoms with E-state index in [1.165, 1.54) is 7.11 Å². The van der Waals surface area contributed by atoms with Gasteiger partial charge in [0, 0.05) is 6.54 Å². The second kappa shape index (κ2) is 3.70. The van der Waals surface area contributed by atoms with Crippen LogP contribution in [-0.2, 0) is 11.3 Å². The number of nitrogens with two attached hydrogens (primary N) is 1. The Morgan fingerprint density at radius 3 is 3.07 bits per heavy atom. The van der Waals surface area contributed by atoms with Crippen LogP contribution >= 0.6 is 0 Å². The number of methoxy groups -OCH3 is 1. The molecule has 15 heavy (non-hydrogen) atoms. The molecule has 0 saturated heterocycles. The summed E-state index contributed by atoms with van der Waals surface area (Å²) in [6.07, 6.45) is 0. The van der Waals surface area contributed by atoms with Crippen molar-refractivity contribution in [3.8, 4) is 0 Å². The highest BCUT2D eigenvalue weighted by Gasteiger charge is 2.16. The smallest absolute Gasteiger partial charge is 0.360 e. The Bertz CT molecular complexity index is 504. The Morgan fingerprint density at radius 1 is 1.60 bits per heavy atom. The summed E-state index contributed by atoms with van der Waals surface area (Å²) in [5.74, 6) is -0.511. The van der Waals surface area contributed by atoms with Crippen LogP contribution in [0.3, 0.4) is 0 Å². The number of hydrogen-bond donors (Lipinski definition) is 1. The number of rotatable bonds is 2. The minimum atomic E-state index is -0.511. The summed E-state index contributed by atoms with van der Waals surface area (Å²) in [6.45, 7) is 0.404. The van der Waals surface area contributed by atoms with Crippen LogP contribution in [0.2, 0.25) is 0 Å². The molecule has 1 aromatic carbocycles. The maximum atomic E-state index is 11.3. The van der Waals surface area contributed by atoms with E-state index in [-0.39, 0.29) is 5.69 Å². The van der Waals surface area contributed by atoms with Crippen molar-refractivity contribution in [1.82, 2.24) is 5.16 Å². The van der Waals surface area contributed by atoms with Crippen LogP contribution in [0, 0.1) is 0 Å². The molecule has 0 atom stereocenters. The molecular formula is C10H10N2O3. The van der Waals surface area contributed by atoms with Crippen molar-refractivity contribution in [2.45, 2.75) is 6.54 Å². The number of carbonyl (C=O) groups is 1. The number of ether oxygens (including phenoxy) is 1. The van der Waals surface area contributed by atoms with E-state index < -0.39 is 5.97 Å². The molecule has 2 aromatic rings. The SMILES string of the molecule is COC(=O)c1noc2ccc(CN)cc12. The molecule has 1 heterocycles. The van der Waals surface area contributed by atoms with Gasteiger partial charge in [0.1, 0.15) is 0 Å². The highest BCUT2D eigenvalue weighted by Crippen LogP contribution is 2.20. The van der Waals surface area contributed by atoms with Crippen LogP contribution in [0.5, 0.6) is 0 Å². The van der Waals surface area contributed by atoms with Crippen LogP contribution in [-0.4, -0.2) is 18.2 Å². The zero-order valence-corrected chi connectivity index (χ0v) is 8.19. The Morgan fingerprint density at radius 2 is 2.40 bits per heavy atom. The minimum absolute atomic E-state index is 0.183. The van der Waals surface area contributed by atoms with E-state index >= 15 is 0 Å². The van der Waals surface area contributed by atoms with Crippen molar-refractivity contribution in [3.63, 3.8) is 0 Å². The van der Waals surface area contributed by atoms with Gasteiger partial charge in [0.25, 0.3) is 0 Å². The lowest BCUT2D eigenvalue weighted by Gasteiger charge is -1.96. The number of nitrogens with zero attached hydrogens (tertiary/aromatic N) is 1. The fraction of sp³-hybridized carbons (Fsp3) is 0.200. The van der Waals surface area contributed by atoms with Gasteiger partial charge in [0.2, 0.25) is 0 Å². The first-order valence-corrected chi connectivity index (χ1v) is 4.43. The summed E-state index contributed by atoms with van der Waals surface area (Å²) in [6, 6.07) is 5.34. The summed E-state index contributed by atoms with van der Waals surface area (Å²) in [5.41, 5.74) is 7.15. The summed E-state index contributed by atoms with van der Waals surface area (Å²) in [4.78, 5) is 11.3. The van der Waals surface area contributed by atoms with E-state index in [1.807, 2.05) is 6.07 Å². The molecule has 0 fully saturated rings. The molecule has 0 bridgehead atoms. The third-order valence-corrected chi connectivity index (χ3v) is 2.15. The molecule has 2 rings (SSSR count). The molecule has 0 aliphatic heterocycles.